The lowest BCUT2D eigenvalue weighted by molar-refractivity contribution is 0.0850. The largest absolute Gasteiger partial charge is 0.378 e. The molecule has 0 aromatic heterocycles. The average Bonchev–Trinajstić information content (AvgIpc) is 2.89. The zero-order valence-corrected chi connectivity index (χ0v) is 11.4. The third-order valence-corrected chi connectivity index (χ3v) is 5.01. The fourth-order valence-corrected chi connectivity index (χ4v) is 3.73. The first kappa shape index (κ1) is 13.4. The molecule has 0 amide bonds. The van der Waals surface area contributed by atoms with Gasteiger partial charge in [-0.25, -0.2) is 0 Å². The zero-order chi connectivity index (χ0) is 12.1. The van der Waals surface area contributed by atoms with E-state index in [0.29, 0.717) is 6.10 Å². The van der Waals surface area contributed by atoms with E-state index in [4.69, 9.17) is 10.5 Å². The van der Waals surface area contributed by atoms with Crippen molar-refractivity contribution in [1.29, 1.82) is 0 Å². The Morgan fingerprint density at radius 2 is 2.00 bits per heavy atom. The van der Waals surface area contributed by atoms with E-state index in [1.165, 1.54) is 51.4 Å². The van der Waals surface area contributed by atoms with Crippen LogP contribution in [0.15, 0.2) is 0 Å². The van der Waals surface area contributed by atoms with Crippen LogP contribution < -0.4 is 5.73 Å². The van der Waals surface area contributed by atoms with Crippen LogP contribution in [-0.4, -0.2) is 19.3 Å². The van der Waals surface area contributed by atoms with Crippen molar-refractivity contribution < 1.29 is 4.74 Å². The molecular formula is C15H29NO. The predicted molar refractivity (Wildman–Crippen MR) is 71.9 cm³/mol. The molecular weight excluding hydrogens is 210 g/mol. The Morgan fingerprint density at radius 3 is 2.65 bits per heavy atom. The molecule has 0 radical (unpaired) electrons. The molecule has 17 heavy (non-hydrogen) atoms. The van der Waals surface area contributed by atoms with Gasteiger partial charge in [0.1, 0.15) is 0 Å². The van der Waals surface area contributed by atoms with Crippen LogP contribution in [-0.2, 0) is 4.74 Å². The van der Waals surface area contributed by atoms with E-state index in [1.54, 1.807) is 0 Å². The van der Waals surface area contributed by atoms with E-state index in [-0.39, 0.29) is 0 Å². The smallest absolute Gasteiger partial charge is 0.0576 e. The van der Waals surface area contributed by atoms with Gasteiger partial charge in [-0.1, -0.05) is 19.8 Å². The van der Waals surface area contributed by atoms with E-state index in [1.807, 2.05) is 0 Å². The van der Waals surface area contributed by atoms with Crippen molar-refractivity contribution in [1.82, 2.24) is 0 Å². The van der Waals surface area contributed by atoms with Crippen LogP contribution in [0, 0.1) is 17.8 Å². The maximum absolute atomic E-state index is 5.93. The normalized spacial score (nSPS) is 38.5. The second-order valence-corrected chi connectivity index (χ2v) is 6.06. The van der Waals surface area contributed by atoms with Crippen LogP contribution >= 0.6 is 0 Å². The van der Waals surface area contributed by atoms with E-state index < -0.39 is 0 Å². The third kappa shape index (κ3) is 3.69. The minimum absolute atomic E-state index is 0.565. The standard InChI is InChI=1S/C15H29NO/c1-2-12-5-6-14(11-16)13(10-12)7-8-15-4-3-9-17-15/h12-15H,2-11,16H2,1H3. The third-order valence-electron chi connectivity index (χ3n) is 5.01. The Morgan fingerprint density at radius 1 is 1.12 bits per heavy atom. The number of hydrogen-bond donors (Lipinski definition) is 1. The minimum Gasteiger partial charge on any atom is -0.378 e. The molecule has 2 rings (SSSR count). The van der Waals surface area contributed by atoms with Crippen molar-refractivity contribution in [3.8, 4) is 0 Å². The fraction of sp³-hybridized carbons (Fsp3) is 1.00. The molecule has 1 aliphatic carbocycles. The first-order chi connectivity index (χ1) is 8.33. The van der Waals surface area contributed by atoms with Crippen molar-refractivity contribution in [3.05, 3.63) is 0 Å². The average molecular weight is 239 g/mol. The van der Waals surface area contributed by atoms with Gasteiger partial charge in [0.25, 0.3) is 0 Å². The lowest BCUT2D eigenvalue weighted by Crippen LogP contribution is -2.31. The summed E-state index contributed by atoms with van der Waals surface area (Å²) in [6.45, 7) is 4.23. The molecule has 1 aliphatic heterocycles. The fourth-order valence-electron chi connectivity index (χ4n) is 3.73. The molecule has 2 aliphatic rings. The van der Waals surface area contributed by atoms with E-state index in [9.17, 15) is 0 Å². The topological polar surface area (TPSA) is 35.2 Å². The maximum atomic E-state index is 5.93. The van der Waals surface area contributed by atoms with Gasteiger partial charge in [0.2, 0.25) is 0 Å². The molecule has 2 N–H and O–H groups in total. The molecule has 2 fully saturated rings. The van der Waals surface area contributed by atoms with Crippen LogP contribution in [0.25, 0.3) is 0 Å². The van der Waals surface area contributed by atoms with Gasteiger partial charge in [0.05, 0.1) is 6.10 Å². The van der Waals surface area contributed by atoms with E-state index >= 15 is 0 Å². The summed E-state index contributed by atoms with van der Waals surface area (Å²) in [5, 5.41) is 0. The molecule has 100 valence electrons. The van der Waals surface area contributed by atoms with Gasteiger partial charge >= 0.3 is 0 Å². The second-order valence-electron chi connectivity index (χ2n) is 6.06. The SMILES string of the molecule is CCC1CCC(CN)C(CCC2CCCO2)C1. The first-order valence-corrected chi connectivity index (χ1v) is 7.65. The summed E-state index contributed by atoms with van der Waals surface area (Å²) < 4.78 is 5.73. The molecule has 0 spiro atoms. The number of nitrogens with two attached hydrogens (primary N) is 1. The highest BCUT2D eigenvalue weighted by molar-refractivity contribution is 4.81. The molecule has 2 heteroatoms. The van der Waals surface area contributed by atoms with Crippen LogP contribution in [0.1, 0.15) is 58.3 Å². The summed E-state index contributed by atoms with van der Waals surface area (Å²) in [4.78, 5) is 0. The van der Waals surface area contributed by atoms with Gasteiger partial charge in [-0.05, 0) is 62.8 Å². The van der Waals surface area contributed by atoms with Crippen LogP contribution in [0.4, 0.5) is 0 Å². The van der Waals surface area contributed by atoms with Gasteiger partial charge in [-0.15, -0.1) is 0 Å². The predicted octanol–water partition coefficient (Wildman–Crippen LogP) is 3.35. The summed E-state index contributed by atoms with van der Waals surface area (Å²) in [5.41, 5.74) is 5.93. The molecule has 0 aromatic rings. The van der Waals surface area contributed by atoms with Gasteiger partial charge < -0.3 is 10.5 Å². The van der Waals surface area contributed by atoms with E-state index in [0.717, 1.165) is 30.9 Å². The summed E-state index contributed by atoms with van der Waals surface area (Å²) in [7, 11) is 0. The Balaban J connectivity index is 1.77. The molecule has 1 saturated heterocycles. The van der Waals surface area contributed by atoms with Crippen molar-refractivity contribution in [3.63, 3.8) is 0 Å². The van der Waals surface area contributed by atoms with E-state index in [2.05, 4.69) is 6.92 Å². The number of hydrogen-bond acceptors (Lipinski definition) is 2. The monoisotopic (exact) mass is 239 g/mol. The number of ether oxygens (including phenoxy) is 1. The number of rotatable bonds is 5. The molecule has 1 heterocycles. The summed E-state index contributed by atoms with van der Waals surface area (Å²) >= 11 is 0. The zero-order valence-electron chi connectivity index (χ0n) is 11.4. The maximum Gasteiger partial charge on any atom is 0.0576 e. The highest BCUT2D eigenvalue weighted by Crippen LogP contribution is 2.38. The van der Waals surface area contributed by atoms with Gasteiger partial charge in [0, 0.05) is 6.61 Å². The highest BCUT2D eigenvalue weighted by atomic mass is 16.5. The summed E-state index contributed by atoms with van der Waals surface area (Å²) in [6, 6.07) is 0. The minimum atomic E-state index is 0.565. The second kappa shape index (κ2) is 6.75. The van der Waals surface area contributed by atoms with Gasteiger partial charge in [-0.2, -0.15) is 0 Å². The molecule has 1 saturated carbocycles. The lowest BCUT2D eigenvalue weighted by atomic mass is 9.71. The van der Waals surface area contributed by atoms with Crippen LogP contribution in [0.2, 0.25) is 0 Å². The van der Waals surface area contributed by atoms with Gasteiger partial charge in [-0.3, -0.25) is 0 Å². The first-order valence-electron chi connectivity index (χ1n) is 7.65. The molecule has 4 unspecified atom stereocenters. The highest BCUT2D eigenvalue weighted by Gasteiger charge is 2.29. The van der Waals surface area contributed by atoms with Crippen molar-refractivity contribution >= 4 is 0 Å². The Hall–Kier alpha value is -0.0800. The van der Waals surface area contributed by atoms with Crippen molar-refractivity contribution in [2.75, 3.05) is 13.2 Å². The quantitative estimate of drug-likeness (QED) is 0.798. The van der Waals surface area contributed by atoms with Gasteiger partial charge in [0.15, 0.2) is 0 Å². The summed E-state index contributed by atoms with van der Waals surface area (Å²) in [6.07, 6.45) is 11.3. The molecule has 2 nitrogen and oxygen atoms in total. The van der Waals surface area contributed by atoms with Crippen molar-refractivity contribution in [2.24, 2.45) is 23.5 Å². The van der Waals surface area contributed by atoms with Crippen LogP contribution in [0.5, 0.6) is 0 Å². The lowest BCUT2D eigenvalue weighted by Gasteiger charge is -2.36. The Kier molecular flexibility index (Phi) is 5.30. The Labute approximate surface area is 106 Å². The molecule has 4 atom stereocenters. The van der Waals surface area contributed by atoms with Crippen LogP contribution in [0.3, 0.4) is 0 Å². The molecule has 0 bridgehead atoms. The summed E-state index contributed by atoms with van der Waals surface area (Å²) in [5.74, 6) is 2.63. The Bertz CT molecular complexity index is 213. The molecule has 0 aromatic carbocycles. The van der Waals surface area contributed by atoms with Crippen molar-refractivity contribution in [2.45, 2.75) is 64.4 Å².